The van der Waals surface area contributed by atoms with Crippen LogP contribution in [0, 0.1) is 5.92 Å². The third-order valence-corrected chi connectivity index (χ3v) is 2.32. The Morgan fingerprint density at radius 1 is 1.50 bits per heavy atom. The molecular formula is C7H18N2S. The number of hydrogen-bond acceptors (Lipinski definition) is 3. The van der Waals surface area contributed by atoms with Gasteiger partial charge < -0.3 is 11.1 Å². The Labute approximate surface area is 69.0 Å². The molecule has 3 unspecified atom stereocenters. The maximum atomic E-state index is 5.59. The highest BCUT2D eigenvalue weighted by molar-refractivity contribution is 7.80. The Bertz CT molecular complexity index is 85.7. The van der Waals surface area contributed by atoms with Crippen LogP contribution in [0.15, 0.2) is 0 Å². The van der Waals surface area contributed by atoms with Crippen LogP contribution in [-0.4, -0.2) is 18.0 Å². The Kier molecular flexibility index (Phi) is 5.13. The second-order valence-corrected chi connectivity index (χ2v) is 3.29. The van der Waals surface area contributed by atoms with Gasteiger partial charge in [-0.3, -0.25) is 0 Å². The summed E-state index contributed by atoms with van der Waals surface area (Å²) in [4.78, 5) is 0. The molecule has 3 N–H and O–H groups in total. The van der Waals surface area contributed by atoms with Gasteiger partial charge in [-0.2, -0.15) is 12.6 Å². The lowest BCUT2D eigenvalue weighted by Gasteiger charge is -2.22. The molecule has 0 heterocycles. The van der Waals surface area contributed by atoms with Crippen molar-refractivity contribution in [3.05, 3.63) is 0 Å². The van der Waals surface area contributed by atoms with E-state index in [1.54, 1.807) is 0 Å². The fourth-order valence-electron chi connectivity index (χ4n) is 0.804. The monoisotopic (exact) mass is 162 g/mol. The van der Waals surface area contributed by atoms with E-state index in [0.717, 1.165) is 6.54 Å². The molecule has 0 saturated heterocycles. The van der Waals surface area contributed by atoms with Crippen LogP contribution in [0.3, 0.4) is 0 Å². The van der Waals surface area contributed by atoms with Crippen molar-refractivity contribution >= 4 is 12.6 Å². The van der Waals surface area contributed by atoms with Crippen molar-refractivity contribution in [3.8, 4) is 0 Å². The second-order valence-electron chi connectivity index (χ2n) is 2.70. The summed E-state index contributed by atoms with van der Waals surface area (Å²) in [6, 6.07) is 0.456. The zero-order valence-corrected chi connectivity index (χ0v) is 7.86. The van der Waals surface area contributed by atoms with Gasteiger partial charge in [0.05, 0.1) is 5.37 Å². The molecular weight excluding hydrogens is 144 g/mol. The summed E-state index contributed by atoms with van der Waals surface area (Å²) in [6.07, 6.45) is 0. The molecule has 0 spiro atoms. The lowest BCUT2D eigenvalue weighted by Crippen LogP contribution is -2.39. The Balaban J connectivity index is 3.58. The molecule has 0 aromatic heterocycles. The van der Waals surface area contributed by atoms with E-state index < -0.39 is 0 Å². The molecule has 3 heteroatoms. The first-order valence-electron chi connectivity index (χ1n) is 3.76. The molecule has 0 amide bonds. The first-order chi connectivity index (χ1) is 4.59. The summed E-state index contributed by atoms with van der Waals surface area (Å²) in [5, 5.41) is 3.28. The van der Waals surface area contributed by atoms with Gasteiger partial charge in [-0.1, -0.05) is 13.8 Å². The van der Waals surface area contributed by atoms with Crippen molar-refractivity contribution in [1.29, 1.82) is 0 Å². The summed E-state index contributed by atoms with van der Waals surface area (Å²) >= 11 is 4.16. The predicted molar refractivity (Wildman–Crippen MR) is 49.3 cm³/mol. The van der Waals surface area contributed by atoms with Gasteiger partial charge in [0.15, 0.2) is 0 Å². The maximum absolute atomic E-state index is 5.59. The van der Waals surface area contributed by atoms with Gasteiger partial charge in [0.25, 0.3) is 0 Å². The van der Waals surface area contributed by atoms with Crippen LogP contribution < -0.4 is 11.1 Å². The normalized spacial score (nSPS) is 20.1. The molecule has 10 heavy (non-hydrogen) atoms. The van der Waals surface area contributed by atoms with E-state index in [1.807, 2.05) is 0 Å². The van der Waals surface area contributed by atoms with Crippen molar-refractivity contribution < 1.29 is 0 Å². The molecule has 0 aliphatic heterocycles. The minimum Gasteiger partial charge on any atom is -0.319 e. The van der Waals surface area contributed by atoms with E-state index in [-0.39, 0.29) is 5.37 Å². The highest BCUT2D eigenvalue weighted by Crippen LogP contribution is 2.08. The standard InChI is InChI=1S/C7H18N2S/c1-4-9-6(3)5(2)7(8)10/h5-7,9-10H,4,8H2,1-3H3. The minimum atomic E-state index is -0.0194. The molecule has 0 radical (unpaired) electrons. The van der Waals surface area contributed by atoms with Crippen LogP contribution in [0.25, 0.3) is 0 Å². The minimum absolute atomic E-state index is 0.0194. The maximum Gasteiger partial charge on any atom is 0.0518 e. The van der Waals surface area contributed by atoms with Gasteiger partial charge in [0, 0.05) is 6.04 Å². The summed E-state index contributed by atoms with van der Waals surface area (Å²) in [5.74, 6) is 0.420. The lowest BCUT2D eigenvalue weighted by atomic mass is 10.0. The van der Waals surface area contributed by atoms with E-state index in [0.29, 0.717) is 12.0 Å². The summed E-state index contributed by atoms with van der Waals surface area (Å²) in [7, 11) is 0. The zero-order valence-electron chi connectivity index (χ0n) is 6.96. The van der Waals surface area contributed by atoms with Crippen LogP contribution in [0.5, 0.6) is 0 Å². The Hall–Kier alpha value is 0.270. The molecule has 0 aromatic rings. The van der Waals surface area contributed by atoms with Gasteiger partial charge in [-0.25, -0.2) is 0 Å². The van der Waals surface area contributed by atoms with E-state index in [2.05, 4.69) is 38.7 Å². The molecule has 0 saturated carbocycles. The topological polar surface area (TPSA) is 38.0 Å². The second kappa shape index (κ2) is 4.99. The third-order valence-electron chi connectivity index (χ3n) is 1.85. The van der Waals surface area contributed by atoms with Crippen molar-refractivity contribution in [3.63, 3.8) is 0 Å². The fourth-order valence-corrected chi connectivity index (χ4v) is 1.06. The average Bonchev–Trinajstić information content (AvgIpc) is 1.87. The SMILES string of the molecule is CCNC(C)C(C)C(N)S. The lowest BCUT2D eigenvalue weighted by molar-refractivity contribution is 0.401. The molecule has 0 aromatic carbocycles. The van der Waals surface area contributed by atoms with Crippen molar-refractivity contribution in [2.75, 3.05) is 6.54 Å². The molecule has 62 valence electrons. The predicted octanol–water partition coefficient (Wildman–Crippen LogP) is 0.835. The molecule has 0 bridgehead atoms. The first-order valence-corrected chi connectivity index (χ1v) is 4.28. The van der Waals surface area contributed by atoms with E-state index in [9.17, 15) is 0 Å². The molecule has 0 aliphatic carbocycles. The number of thiol groups is 1. The molecule has 0 aliphatic rings. The Morgan fingerprint density at radius 2 is 2.00 bits per heavy atom. The van der Waals surface area contributed by atoms with Crippen LogP contribution in [0.4, 0.5) is 0 Å². The van der Waals surface area contributed by atoms with Gasteiger partial charge in [-0.15, -0.1) is 0 Å². The third kappa shape index (κ3) is 3.44. The van der Waals surface area contributed by atoms with Gasteiger partial charge in [0.1, 0.15) is 0 Å². The van der Waals surface area contributed by atoms with Crippen LogP contribution >= 0.6 is 12.6 Å². The zero-order chi connectivity index (χ0) is 8.15. The summed E-state index contributed by atoms with van der Waals surface area (Å²) in [5.41, 5.74) is 5.59. The van der Waals surface area contributed by atoms with Crippen molar-refractivity contribution in [2.45, 2.75) is 32.2 Å². The number of hydrogen-bond donors (Lipinski definition) is 3. The smallest absolute Gasteiger partial charge is 0.0518 e. The van der Waals surface area contributed by atoms with Crippen LogP contribution in [0.2, 0.25) is 0 Å². The van der Waals surface area contributed by atoms with Crippen LogP contribution in [-0.2, 0) is 0 Å². The quantitative estimate of drug-likeness (QED) is 0.423. The highest BCUT2D eigenvalue weighted by atomic mass is 32.1. The highest BCUT2D eigenvalue weighted by Gasteiger charge is 2.14. The van der Waals surface area contributed by atoms with Crippen LogP contribution in [0.1, 0.15) is 20.8 Å². The summed E-state index contributed by atoms with van der Waals surface area (Å²) < 4.78 is 0. The first kappa shape index (κ1) is 10.3. The van der Waals surface area contributed by atoms with Gasteiger partial charge in [-0.05, 0) is 19.4 Å². The van der Waals surface area contributed by atoms with E-state index in [1.165, 1.54) is 0 Å². The average molecular weight is 162 g/mol. The van der Waals surface area contributed by atoms with Gasteiger partial charge >= 0.3 is 0 Å². The molecule has 2 nitrogen and oxygen atoms in total. The van der Waals surface area contributed by atoms with E-state index in [4.69, 9.17) is 5.73 Å². The number of nitrogens with two attached hydrogens (primary N) is 1. The van der Waals surface area contributed by atoms with Crippen molar-refractivity contribution in [1.82, 2.24) is 5.32 Å². The fraction of sp³-hybridized carbons (Fsp3) is 1.00. The number of nitrogens with one attached hydrogen (secondary N) is 1. The van der Waals surface area contributed by atoms with E-state index >= 15 is 0 Å². The van der Waals surface area contributed by atoms with Gasteiger partial charge in [0.2, 0.25) is 0 Å². The molecule has 0 fully saturated rings. The summed E-state index contributed by atoms with van der Waals surface area (Å²) in [6.45, 7) is 7.31. The molecule has 3 atom stereocenters. The molecule has 0 rings (SSSR count). The Morgan fingerprint density at radius 3 is 2.30 bits per heavy atom. The van der Waals surface area contributed by atoms with Crippen molar-refractivity contribution in [2.24, 2.45) is 11.7 Å². The number of rotatable bonds is 4. The largest absolute Gasteiger partial charge is 0.319 e.